The summed E-state index contributed by atoms with van der Waals surface area (Å²) in [5, 5.41) is 0.486. The molecular formula is C10H12ClN3. The zero-order valence-corrected chi connectivity index (χ0v) is 8.97. The molecule has 0 atom stereocenters. The topological polar surface area (TPSA) is 41.6 Å². The maximum atomic E-state index is 5.77. The molecule has 4 heteroatoms. The summed E-state index contributed by atoms with van der Waals surface area (Å²) in [4.78, 5) is 11.6. The van der Waals surface area contributed by atoms with Crippen LogP contribution in [0.1, 0.15) is 19.7 Å². The predicted molar refractivity (Wildman–Crippen MR) is 57.4 cm³/mol. The van der Waals surface area contributed by atoms with Crippen LogP contribution in [0, 0.1) is 5.92 Å². The van der Waals surface area contributed by atoms with Crippen molar-refractivity contribution < 1.29 is 0 Å². The van der Waals surface area contributed by atoms with E-state index >= 15 is 0 Å². The minimum Gasteiger partial charge on any atom is -0.341 e. The van der Waals surface area contributed by atoms with Gasteiger partial charge in [-0.15, -0.1) is 0 Å². The molecule has 0 bridgehead atoms. The number of pyridine rings is 1. The van der Waals surface area contributed by atoms with Crippen molar-refractivity contribution >= 4 is 22.6 Å². The summed E-state index contributed by atoms with van der Waals surface area (Å²) >= 11 is 5.77. The van der Waals surface area contributed by atoms with Gasteiger partial charge in [-0.25, -0.2) is 9.97 Å². The van der Waals surface area contributed by atoms with Crippen molar-refractivity contribution in [3.8, 4) is 0 Å². The number of aromatic amines is 1. The number of aromatic nitrogens is 3. The van der Waals surface area contributed by atoms with Crippen LogP contribution in [0.2, 0.25) is 5.15 Å². The smallest absolute Gasteiger partial charge is 0.131 e. The molecule has 0 fully saturated rings. The van der Waals surface area contributed by atoms with Crippen LogP contribution in [0.3, 0.4) is 0 Å². The van der Waals surface area contributed by atoms with Crippen LogP contribution in [0.4, 0.5) is 0 Å². The molecule has 2 heterocycles. The number of rotatable bonds is 2. The molecule has 0 spiro atoms. The first-order valence-electron chi connectivity index (χ1n) is 4.65. The van der Waals surface area contributed by atoms with Gasteiger partial charge in [0.1, 0.15) is 11.0 Å². The van der Waals surface area contributed by atoms with Crippen LogP contribution in [0.25, 0.3) is 11.0 Å². The van der Waals surface area contributed by atoms with Gasteiger partial charge in [-0.1, -0.05) is 25.4 Å². The highest BCUT2D eigenvalue weighted by Crippen LogP contribution is 2.15. The first kappa shape index (κ1) is 9.46. The third kappa shape index (κ3) is 1.87. The SMILES string of the molecule is CC(C)Cc1nc2cc(Cl)ncc2[nH]1. The Bertz CT molecular complexity index is 448. The molecule has 74 valence electrons. The minimum absolute atomic E-state index is 0.486. The molecule has 0 aromatic carbocycles. The first-order chi connectivity index (χ1) is 6.65. The van der Waals surface area contributed by atoms with E-state index < -0.39 is 0 Å². The van der Waals surface area contributed by atoms with E-state index in [0.29, 0.717) is 11.1 Å². The normalized spacial score (nSPS) is 11.4. The van der Waals surface area contributed by atoms with E-state index in [1.165, 1.54) is 0 Å². The lowest BCUT2D eigenvalue weighted by Crippen LogP contribution is -1.95. The van der Waals surface area contributed by atoms with Crippen LogP contribution in [-0.2, 0) is 6.42 Å². The van der Waals surface area contributed by atoms with Gasteiger partial charge in [0.15, 0.2) is 0 Å². The Morgan fingerprint density at radius 3 is 3.00 bits per heavy atom. The lowest BCUT2D eigenvalue weighted by atomic mass is 10.1. The first-order valence-corrected chi connectivity index (χ1v) is 5.03. The Morgan fingerprint density at radius 2 is 2.29 bits per heavy atom. The summed E-state index contributed by atoms with van der Waals surface area (Å²) < 4.78 is 0. The number of hydrogen-bond donors (Lipinski definition) is 1. The molecule has 0 aliphatic carbocycles. The highest BCUT2D eigenvalue weighted by molar-refractivity contribution is 6.29. The zero-order chi connectivity index (χ0) is 10.1. The largest absolute Gasteiger partial charge is 0.341 e. The molecule has 0 amide bonds. The average molecular weight is 210 g/mol. The fourth-order valence-electron chi connectivity index (χ4n) is 1.42. The van der Waals surface area contributed by atoms with Crippen molar-refractivity contribution in [2.24, 2.45) is 5.92 Å². The Balaban J connectivity index is 2.41. The molecule has 0 aliphatic rings. The van der Waals surface area contributed by atoms with Crippen molar-refractivity contribution in [2.45, 2.75) is 20.3 Å². The maximum Gasteiger partial charge on any atom is 0.131 e. The van der Waals surface area contributed by atoms with Crippen LogP contribution in [0.5, 0.6) is 0 Å². The Kier molecular flexibility index (Phi) is 2.42. The number of hydrogen-bond acceptors (Lipinski definition) is 2. The number of fused-ring (bicyclic) bond motifs is 1. The monoisotopic (exact) mass is 209 g/mol. The molecule has 0 saturated heterocycles. The third-order valence-corrected chi connectivity index (χ3v) is 2.19. The summed E-state index contributed by atoms with van der Waals surface area (Å²) in [6, 6.07) is 1.78. The van der Waals surface area contributed by atoms with E-state index in [1.54, 1.807) is 12.3 Å². The van der Waals surface area contributed by atoms with Gasteiger partial charge in [-0.05, 0) is 5.92 Å². The molecule has 0 radical (unpaired) electrons. The molecule has 2 aromatic rings. The van der Waals surface area contributed by atoms with Gasteiger partial charge in [0.2, 0.25) is 0 Å². The van der Waals surface area contributed by atoms with E-state index in [4.69, 9.17) is 11.6 Å². The predicted octanol–water partition coefficient (Wildman–Crippen LogP) is 2.81. The summed E-state index contributed by atoms with van der Waals surface area (Å²) in [6.07, 6.45) is 2.67. The second-order valence-corrected chi connectivity index (χ2v) is 4.19. The van der Waals surface area contributed by atoms with E-state index in [0.717, 1.165) is 23.3 Å². The molecule has 3 nitrogen and oxygen atoms in total. The summed E-state index contributed by atoms with van der Waals surface area (Å²) in [5.41, 5.74) is 1.84. The van der Waals surface area contributed by atoms with Crippen LogP contribution in [0.15, 0.2) is 12.3 Å². The summed E-state index contributed by atoms with van der Waals surface area (Å²) in [6.45, 7) is 4.33. The number of nitrogens with one attached hydrogen (secondary N) is 1. The molecule has 1 N–H and O–H groups in total. The van der Waals surface area contributed by atoms with E-state index in [9.17, 15) is 0 Å². The third-order valence-electron chi connectivity index (χ3n) is 1.98. The van der Waals surface area contributed by atoms with Crippen molar-refractivity contribution in [1.29, 1.82) is 0 Å². The van der Waals surface area contributed by atoms with Gasteiger partial charge < -0.3 is 4.98 Å². The Hall–Kier alpha value is -1.09. The van der Waals surface area contributed by atoms with Gasteiger partial charge >= 0.3 is 0 Å². The van der Waals surface area contributed by atoms with Gasteiger partial charge in [-0.3, -0.25) is 0 Å². The van der Waals surface area contributed by atoms with Gasteiger partial charge in [0.25, 0.3) is 0 Å². The number of H-pyrrole nitrogens is 1. The highest BCUT2D eigenvalue weighted by Gasteiger charge is 2.05. The van der Waals surface area contributed by atoms with Crippen LogP contribution < -0.4 is 0 Å². The van der Waals surface area contributed by atoms with Crippen molar-refractivity contribution in [1.82, 2.24) is 15.0 Å². The number of imidazole rings is 1. The van der Waals surface area contributed by atoms with Crippen molar-refractivity contribution in [3.05, 3.63) is 23.2 Å². The van der Waals surface area contributed by atoms with Crippen LogP contribution in [-0.4, -0.2) is 15.0 Å². The fourth-order valence-corrected chi connectivity index (χ4v) is 1.57. The quantitative estimate of drug-likeness (QED) is 0.773. The van der Waals surface area contributed by atoms with E-state index in [1.807, 2.05) is 0 Å². The molecular weight excluding hydrogens is 198 g/mol. The van der Waals surface area contributed by atoms with E-state index in [2.05, 4.69) is 28.8 Å². The number of halogens is 1. The number of nitrogens with zero attached hydrogens (tertiary/aromatic N) is 2. The molecule has 2 aromatic heterocycles. The standard InChI is InChI=1S/C10H12ClN3/c1-6(2)3-10-13-7-4-9(11)12-5-8(7)14-10/h4-6H,3H2,1-2H3,(H,13,14). The summed E-state index contributed by atoms with van der Waals surface area (Å²) in [7, 11) is 0. The lowest BCUT2D eigenvalue weighted by molar-refractivity contribution is 0.627. The Labute approximate surface area is 87.5 Å². The summed E-state index contributed by atoms with van der Waals surface area (Å²) in [5.74, 6) is 1.60. The van der Waals surface area contributed by atoms with Gasteiger partial charge in [0.05, 0.1) is 17.2 Å². The van der Waals surface area contributed by atoms with Gasteiger partial charge in [-0.2, -0.15) is 0 Å². The second kappa shape index (κ2) is 3.58. The van der Waals surface area contributed by atoms with Gasteiger partial charge in [0, 0.05) is 12.5 Å². The zero-order valence-electron chi connectivity index (χ0n) is 8.21. The van der Waals surface area contributed by atoms with E-state index in [-0.39, 0.29) is 0 Å². The second-order valence-electron chi connectivity index (χ2n) is 3.81. The highest BCUT2D eigenvalue weighted by atomic mass is 35.5. The Morgan fingerprint density at radius 1 is 1.50 bits per heavy atom. The van der Waals surface area contributed by atoms with Crippen molar-refractivity contribution in [2.75, 3.05) is 0 Å². The molecule has 0 unspecified atom stereocenters. The molecule has 0 aliphatic heterocycles. The van der Waals surface area contributed by atoms with Crippen LogP contribution >= 0.6 is 11.6 Å². The lowest BCUT2D eigenvalue weighted by Gasteiger charge is -1.98. The molecule has 14 heavy (non-hydrogen) atoms. The van der Waals surface area contributed by atoms with Crippen molar-refractivity contribution in [3.63, 3.8) is 0 Å². The minimum atomic E-state index is 0.486. The molecule has 0 saturated carbocycles. The fraction of sp³-hybridized carbons (Fsp3) is 0.400. The maximum absolute atomic E-state index is 5.77. The molecule has 2 rings (SSSR count). The average Bonchev–Trinajstić information content (AvgIpc) is 2.44.